The van der Waals surface area contributed by atoms with E-state index in [9.17, 15) is 4.79 Å². The Bertz CT molecular complexity index is 267. The van der Waals surface area contributed by atoms with E-state index in [1.165, 1.54) is 0 Å². The first kappa shape index (κ1) is 14.3. The van der Waals surface area contributed by atoms with Gasteiger partial charge in [0.15, 0.2) is 0 Å². The summed E-state index contributed by atoms with van der Waals surface area (Å²) in [5, 5.41) is 0. The number of rotatable bonds is 2. The summed E-state index contributed by atoms with van der Waals surface area (Å²) in [5.74, 6) is 0. The lowest BCUT2D eigenvalue weighted by Gasteiger charge is -2.46. The first-order chi connectivity index (χ1) is 7.84. The number of carbonyl (C=O) groups is 1. The van der Waals surface area contributed by atoms with E-state index in [2.05, 4.69) is 6.92 Å². The van der Waals surface area contributed by atoms with Gasteiger partial charge in [-0.1, -0.05) is 6.92 Å². The highest BCUT2D eigenvalue weighted by atomic mass is 16.6. The van der Waals surface area contributed by atoms with Crippen molar-refractivity contribution in [1.82, 2.24) is 4.90 Å². The van der Waals surface area contributed by atoms with Gasteiger partial charge in [-0.2, -0.15) is 0 Å². The van der Waals surface area contributed by atoms with Crippen molar-refractivity contribution >= 4 is 6.09 Å². The second-order valence-electron chi connectivity index (χ2n) is 5.87. The first-order valence-electron chi connectivity index (χ1n) is 6.55. The molecule has 0 aromatic rings. The van der Waals surface area contributed by atoms with Crippen molar-refractivity contribution in [2.24, 2.45) is 5.73 Å². The molecule has 1 rings (SSSR count). The number of carbonyl (C=O) groups excluding carboxylic acids is 1. The molecule has 2 N–H and O–H groups in total. The van der Waals surface area contributed by atoms with Gasteiger partial charge in [-0.25, -0.2) is 4.79 Å². The van der Waals surface area contributed by atoms with Gasteiger partial charge in [-0.15, -0.1) is 0 Å². The number of piperidine rings is 1. The summed E-state index contributed by atoms with van der Waals surface area (Å²) in [7, 11) is 0. The topological polar surface area (TPSA) is 55.6 Å². The van der Waals surface area contributed by atoms with Crippen LogP contribution >= 0.6 is 0 Å². The molecular formula is C13H26N2O2. The highest BCUT2D eigenvalue weighted by Crippen LogP contribution is 2.31. The van der Waals surface area contributed by atoms with E-state index in [0.29, 0.717) is 6.54 Å². The fourth-order valence-corrected chi connectivity index (χ4v) is 2.42. The minimum Gasteiger partial charge on any atom is -0.444 e. The molecule has 100 valence electrons. The molecule has 0 spiro atoms. The average Bonchev–Trinajstić information content (AvgIpc) is 2.26. The third-order valence-corrected chi connectivity index (χ3v) is 3.50. The quantitative estimate of drug-likeness (QED) is 0.809. The number of amides is 1. The summed E-state index contributed by atoms with van der Waals surface area (Å²) >= 11 is 0. The van der Waals surface area contributed by atoms with E-state index < -0.39 is 5.60 Å². The molecule has 0 saturated carbocycles. The SMILES string of the molecule is CCC1(CN)CCCCN1C(=O)OC(C)(C)C. The van der Waals surface area contributed by atoms with E-state index in [1.807, 2.05) is 25.7 Å². The van der Waals surface area contributed by atoms with Crippen LogP contribution < -0.4 is 5.73 Å². The number of likely N-dealkylation sites (tertiary alicyclic amines) is 1. The Labute approximate surface area is 104 Å². The van der Waals surface area contributed by atoms with Gasteiger partial charge < -0.3 is 15.4 Å². The molecule has 4 heteroatoms. The molecule has 1 aliphatic rings. The first-order valence-corrected chi connectivity index (χ1v) is 6.55. The minimum absolute atomic E-state index is 0.194. The van der Waals surface area contributed by atoms with E-state index in [1.54, 1.807) is 0 Å². The Hall–Kier alpha value is -0.770. The number of ether oxygens (including phenoxy) is 1. The van der Waals surface area contributed by atoms with Crippen LogP contribution in [0, 0.1) is 0 Å². The molecule has 1 saturated heterocycles. The number of hydrogen-bond acceptors (Lipinski definition) is 3. The fraction of sp³-hybridized carbons (Fsp3) is 0.923. The van der Waals surface area contributed by atoms with Crippen molar-refractivity contribution in [1.29, 1.82) is 0 Å². The van der Waals surface area contributed by atoms with Gasteiger partial charge in [0, 0.05) is 13.1 Å². The average molecular weight is 242 g/mol. The van der Waals surface area contributed by atoms with Crippen LogP contribution in [-0.2, 0) is 4.74 Å². The molecule has 0 radical (unpaired) electrons. The third kappa shape index (κ3) is 3.35. The zero-order chi connectivity index (χ0) is 13.1. The van der Waals surface area contributed by atoms with Crippen molar-refractivity contribution < 1.29 is 9.53 Å². The zero-order valence-corrected chi connectivity index (χ0v) is 11.6. The summed E-state index contributed by atoms with van der Waals surface area (Å²) in [6, 6.07) is 0. The van der Waals surface area contributed by atoms with Crippen molar-refractivity contribution in [2.45, 2.75) is 64.5 Å². The lowest BCUT2D eigenvalue weighted by molar-refractivity contribution is -0.0147. The smallest absolute Gasteiger partial charge is 0.410 e. The Balaban J connectivity index is 2.81. The van der Waals surface area contributed by atoms with Crippen LogP contribution in [0.3, 0.4) is 0 Å². The largest absolute Gasteiger partial charge is 0.444 e. The Morgan fingerprint density at radius 2 is 2.06 bits per heavy atom. The van der Waals surface area contributed by atoms with Crippen molar-refractivity contribution in [3.63, 3.8) is 0 Å². The van der Waals surface area contributed by atoms with Gasteiger partial charge in [-0.3, -0.25) is 0 Å². The van der Waals surface area contributed by atoms with Crippen molar-refractivity contribution in [3.8, 4) is 0 Å². The Kier molecular flexibility index (Phi) is 4.42. The molecule has 1 atom stereocenters. The van der Waals surface area contributed by atoms with Crippen LogP contribution in [0.1, 0.15) is 53.4 Å². The van der Waals surface area contributed by atoms with Crippen LogP contribution in [0.4, 0.5) is 4.79 Å². The van der Waals surface area contributed by atoms with Crippen LogP contribution in [0.15, 0.2) is 0 Å². The molecule has 0 bridgehead atoms. The highest BCUT2D eigenvalue weighted by molar-refractivity contribution is 5.69. The van der Waals surface area contributed by atoms with E-state index in [4.69, 9.17) is 10.5 Å². The van der Waals surface area contributed by atoms with Crippen LogP contribution in [0.5, 0.6) is 0 Å². The third-order valence-electron chi connectivity index (χ3n) is 3.50. The molecule has 1 aliphatic heterocycles. The number of hydrogen-bond donors (Lipinski definition) is 1. The minimum atomic E-state index is -0.442. The number of nitrogens with two attached hydrogens (primary N) is 1. The van der Waals surface area contributed by atoms with Crippen LogP contribution in [0.2, 0.25) is 0 Å². The summed E-state index contributed by atoms with van der Waals surface area (Å²) in [6.45, 7) is 9.05. The fourth-order valence-electron chi connectivity index (χ4n) is 2.42. The summed E-state index contributed by atoms with van der Waals surface area (Å²) in [6.07, 6.45) is 3.84. The summed E-state index contributed by atoms with van der Waals surface area (Å²) in [4.78, 5) is 14.0. The predicted octanol–water partition coefficient (Wildman–Crippen LogP) is 2.51. The molecule has 1 amide bonds. The molecular weight excluding hydrogens is 216 g/mol. The van der Waals surface area contributed by atoms with Crippen LogP contribution in [-0.4, -0.2) is 35.2 Å². The summed E-state index contributed by atoms with van der Waals surface area (Å²) in [5.41, 5.74) is 5.26. The predicted molar refractivity (Wildman–Crippen MR) is 68.9 cm³/mol. The Morgan fingerprint density at radius 3 is 2.53 bits per heavy atom. The molecule has 1 fully saturated rings. The van der Waals surface area contributed by atoms with Crippen LogP contribution in [0.25, 0.3) is 0 Å². The van der Waals surface area contributed by atoms with Gasteiger partial charge >= 0.3 is 6.09 Å². The molecule has 17 heavy (non-hydrogen) atoms. The molecule has 1 heterocycles. The Morgan fingerprint density at radius 1 is 1.41 bits per heavy atom. The monoisotopic (exact) mass is 242 g/mol. The summed E-state index contributed by atoms with van der Waals surface area (Å²) < 4.78 is 5.47. The van der Waals surface area contributed by atoms with Gasteiger partial charge in [0.25, 0.3) is 0 Å². The molecule has 0 aliphatic carbocycles. The normalized spacial score (nSPS) is 25.8. The molecule has 1 unspecified atom stereocenters. The van der Waals surface area contributed by atoms with E-state index in [0.717, 1.165) is 32.2 Å². The van der Waals surface area contributed by atoms with Gasteiger partial charge in [0.2, 0.25) is 0 Å². The van der Waals surface area contributed by atoms with E-state index >= 15 is 0 Å². The highest BCUT2D eigenvalue weighted by Gasteiger charge is 2.40. The maximum absolute atomic E-state index is 12.2. The molecule has 0 aromatic carbocycles. The lowest BCUT2D eigenvalue weighted by atomic mass is 9.84. The molecule has 0 aromatic heterocycles. The maximum Gasteiger partial charge on any atom is 0.410 e. The second kappa shape index (κ2) is 5.25. The van der Waals surface area contributed by atoms with Crippen molar-refractivity contribution in [3.05, 3.63) is 0 Å². The van der Waals surface area contributed by atoms with Crippen molar-refractivity contribution in [2.75, 3.05) is 13.1 Å². The standard InChI is InChI=1S/C13H26N2O2/c1-5-13(10-14)8-6-7-9-15(13)11(16)17-12(2,3)4/h5-10,14H2,1-4H3. The lowest BCUT2D eigenvalue weighted by Crippen LogP contribution is -2.59. The number of nitrogens with zero attached hydrogens (tertiary/aromatic N) is 1. The van der Waals surface area contributed by atoms with Gasteiger partial charge in [-0.05, 0) is 46.5 Å². The van der Waals surface area contributed by atoms with Gasteiger partial charge in [0.1, 0.15) is 5.60 Å². The maximum atomic E-state index is 12.2. The molecule has 4 nitrogen and oxygen atoms in total. The van der Waals surface area contributed by atoms with Gasteiger partial charge in [0.05, 0.1) is 5.54 Å². The second-order valence-corrected chi connectivity index (χ2v) is 5.87. The zero-order valence-electron chi connectivity index (χ0n) is 11.6. The van der Waals surface area contributed by atoms with E-state index in [-0.39, 0.29) is 11.6 Å².